The van der Waals surface area contributed by atoms with Crippen molar-refractivity contribution in [1.29, 1.82) is 0 Å². The van der Waals surface area contributed by atoms with Gasteiger partial charge in [0.05, 0.1) is 5.69 Å². The molecule has 0 bridgehead atoms. The highest BCUT2D eigenvalue weighted by Crippen LogP contribution is 2.37. The standard InChI is InChI=1S/C8H7NO4/c10-5-1-4-7(2-6(5)11)13-3-8(12)9-4/h1-2,10-11H,3H2,(H,9,12). The van der Waals surface area contributed by atoms with Gasteiger partial charge in [-0.1, -0.05) is 0 Å². The Labute approximate surface area is 73.6 Å². The second kappa shape index (κ2) is 2.55. The Bertz CT molecular complexity index is 375. The van der Waals surface area contributed by atoms with Gasteiger partial charge in [0.1, 0.15) is 5.75 Å². The second-order valence-corrected chi connectivity index (χ2v) is 2.67. The lowest BCUT2D eigenvalue weighted by molar-refractivity contribution is -0.118. The van der Waals surface area contributed by atoms with Crippen LogP contribution in [0.4, 0.5) is 5.69 Å². The lowest BCUT2D eigenvalue weighted by Gasteiger charge is -2.17. The van der Waals surface area contributed by atoms with Crippen molar-refractivity contribution in [1.82, 2.24) is 0 Å². The summed E-state index contributed by atoms with van der Waals surface area (Å²) in [5, 5.41) is 20.7. The van der Waals surface area contributed by atoms with Gasteiger partial charge in [-0.05, 0) is 0 Å². The van der Waals surface area contributed by atoms with Gasteiger partial charge in [0.25, 0.3) is 5.91 Å². The van der Waals surface area contributed by atoms with Gasteiger partial charge in [-0.2, -0.15) is 0 Å². The number of nitrogens with one attached hydrogen (secondary N) is 1. The van der Waals surface area contributed by atoms with E-state index < -0.39 is 0 Å². The Morgan fingerprint density at radius 3 is 2.77 bits per heavy atom. The number of phenolic OH excluding ortho intramolecular Hbond substituents is 2. The van der Waals surface area contributed by atoms with Crippen LogP contribution in [-0.4, -0.2) is 22.7 Å². The molecule has 5 nitrogen and oxygen atoms in total. The molecule has 68 valence electrons. The van der Waals surface area contributed by atoms with Crippen molar-refractivity contribution in [3.63, 3.8) is 0 Å². The first-order chi connectivity index (χ1) is 6.16. The Balaban J connectivity index is 2.49. The third-order valence-electron chi connectivity index (χ3n) is 1.71. The first kappa shape index (κ1) is 7.72. The van der Waals surface area contributed by atoms with Crippen LogP contribution < -0.4 is 10.1 Å². The molecule has 0 aromatic heterocycles. The number of phenols is 2. The van der Waals surface area contributed by atoms with Crippen molar-refractivity contribution in [3.05, 3.63) is 12.1 Å². The molecule has 0 atom stereocenters. The summed E-state index contributed by atoms with van der Waals surface area (Å²) in [5.74, 6) is -0.480. The van der Waals surface area contributed by atoms with Crippen molar-refractivity contribution in [2.45, 2.75) is 0 Å². The van der Waals surface area contributed by atoms with Crippen molar-refractivity contribution in [3.8, 4) is 17.2 Å². The van der Waals surface area contributed by atoms with E-state index in [1.807, 2.05) is 0 Å². The van der Waals surface area contributed by atoms with Crippen molar-refractivity contribution in [2.24, 2.45) is 0 Å². The zero-order chi connectivity index (χ0) is 9.42. The van der Waals surface area contributed by atoms with Crippen LogP contribution in [0.25, 0.3) is 0 Å². The van der Waals surface area contributed by atoms with Gasteiger partial charge in [0, 0.05) is 12.1 Å². The maximum absolute atomic E-state index is 10.8. The number of hydrogen-bond acceptors (Lipinski definition) is 4. The maximum Gasteiger partial charge on any atom is 0.262 e. The van der Waals surface area contributed by atoms with Crippen LogP contribution in [0.3, 0.4) is 0 Å². The molecule has 0 unspecified atom stereocenters. The van der Waals surface area contributed by atoms with Crippen LogP contribution in [0.5, 0.6) is 17.2 Å². The first-order valence-electron chi connectivity index (χ1n) is 3.65. The third-order valence-corrected chi connectivity index (χ3v) is 1.71. The summed E-state index contributed by atoms with van der Waals surface area (Å²) in [7, 11) is 0. The molecule has 0 aliphatic carbocycles. The average Bonchev–Trinajstić information content (AvgIpc) is 2.08. The fourth-order valence-electron chi connectivity index (χ4n) is 1.10. The second-order valence-electron chi connectivity index (χ2n) is 2.67. The van der Waals surface area contributed by atoms with Crippen LogP contribution >= 0.6 is 0 Å². The highest BCUT2D eigenvalue weighted by atomic mass is 16.5. The molecule has 1 aliphatic heterocycles. The Kier molecular flexibility index (Phi) is 1.51. The predicted molar refractivity (Wildman–Crippen MR) is 43.9 cm³/mol. The van der Waals surface area contributed by atoms with Crippen LogP contribution in [0.2, 0.25) is 0 Å². The monoisotopic (exact) mass is 181 g/mol. The Morgan fingerprint density at radius 1 is 1.31 bits per heavy atom. The highest BCUT2D eigenvalue weighted by molar-refractivity contribution is 5.95. The van der Waals surface area contributed by atoms with Gasteiger partial charge in [0.2, 0.25) is 0 Å². The summed E-state index contributed by atoms with van der Waals surface area (Å²) >= 11 is 0. The number of anilines is 1. The molecule has 3 N–H and O–H groups in total. The molecule has 1 aromatic rings. The normalized spacial score (nSPS) is 14.3. The first-order valence-corrected chi connectivity index (χ1v) is 3.65. The van der Waals surface area contributed by atoms with E-state index in [0.29, 0.717) is 11.4 Å². The van der Waals surface area contributed by atoms with E-state index >= 15 is 0 Å². The number of amides is 1. The largest absolute Gasteiger partial charge is 0.504 e. The number of rotatable bonds is 0. The zero-order valence-corrected chi connectivity index (χ0v) is 6.57. The molecule has 0 radical (unpaired) electrons. The SMILES string of the molecule is O=C1COc2cc(O)c(O)cc2N1. The molecule has 5 heteroatoms. The molecule has 1 aliphatic rings. The summed E-state index contributed by atoms with van der Waals surface area (Å²) in [6.07, 6.45) is 0. The number of carbonyl (C=O) groups is 1. The van der Waals surface area contributed by atoms with Gasteiger partial charge in [-0.3, -0.25) is 4.79 Å². The lowest BCUT2D eigenvalue weighted by atomic mass is 10.2. The summed E-state index contributed by atoms with van der Waals surface area (Å²) in [6.45, 7) is -0.0722. The van der Waals surface area contributed by atoms with Gasteiger partial charge in [0.15, 0.2) is 18.1 Å². The van der Waals surface area contributed by atoms with E-state index in [2.05, 4.69) is 5.32 Å². The molecule has 1 heterocycles. The quantitative estimate of drug-likeness (QED) is 0.400. The van der Waals surface area contributed by atoms with E-state index in [-0.39, 0.29) is 24.0 Å². The van der Waals surface area contributed by atoms with E-state index in [1.165, 1.54) is 12.1 Å². The average molecular weight is 181 g/mol. The summed E-state index contributed by atoms with van der Waals surface area (Å²) < 4.78 is 4.99. The molecule has 0 saturated carbocycles. The van der Waals surface area contributed by atoms with Gasteiger partial charge in [-0.25, -0.2) is 0 Å². The molecule has 0 saturated heterocycles. The number of hydrogen-bond donors (Lipinski definition) is 3. The molecule has 1 aromatic carbocycles. The van der Waals surface area contributed by atoms with Crippen molar-refractivity contribution in [2.75, 3.05) is 11.9 Å². The Morgan fingerprint density at radius 2 is 2.00 bits per heavy atom. The third kappa shape index (κ3) is 1.24. The molecule has 0 spiro atoms. The fourth-order valence-corrected chi connectivity index (χ4v) is 1.10. The number of fused-ring (bicyclic) bond motifs is 1. The van der Waals surface area contributed by atoms with E-state index in [0.717, 1.165) is 0 Å². The molecular weight excluding hydrogens is 174 g/mol. The number of ether oxygens (including phenoxy) is 1. The smallest absolute Gasteiger partial charge is 0.262 e. The van der Waals surface area contributed by atoms with Crippen LogP contribution in [-0.2, 0) is 4.79 Å². The zero-order valence-electron chi connectivity index (χ0n) is 6.57. The lowest BCUT2D eigenvalue weighted by Crippen LogP contribution is -2.25. The topological polar surface area (TPSA) is 78.8 Å². The maximum atomic E-state index is 10.8. The Hall–Kier alpha value is -1.91. The minimum atomic E-state index is -0.287. The fraction of sp³-hybridized carbons (Fsp3) is 0.125. The number of benzene rings is 1. The predicted octanol–water partition coefficient (Wildman–Crippen LogP) is 0.429. The molecule has 13 heavy (non-hydrogen) atoms. The molecular formula is C8H7NO4. The van der Waals surface area contributed by atoms with E-state index in [9.17, 15) is 4.79 Å². The van der Waals surface area contributed by atoms with Crippen molar-refractivity contribution >= 4 is 11.6 Å². The molecule has 1 amide bonds. The van der Waals surface area contributed by atoms with Gasteiger partial charge in [-0.15, -0.1) is 0 Å². The summed E-state index contributed by atoms with van der Waals surface area (Å²) in [6, 6.07) is 2.49. The van der Waals surface area contributed by atoms with Crippen LogP contribution in [0.15, 0.2) is 12.1 Å². The molecule has 2 rings (SSSR count). The number of carbonyl (C=O) groups excluding carboxylic acids is 1. The minimum Gasteiger partial charge on any atom is -0.504 e. The number of aromatic hydroxyl groups is 2. The van der Waals surface area contributed by atoms with E-state index in [1.54, 1.807) is 0 Å². The summed E-state index contributed by atoms with van der Waals surface area (Å²) in [4.78, 5) is 10.8. The van der Waals surface area contributed by atoms with E-state index in [4.69, 9.17) is 14.9 Å². The minimum absolute atomic E-state index is 0.0722. The molecule has 0 fully saturated rings. The highest BCUT2D eigenvalue weighted by Gasteiger charge is 2.17. The van der Waals surface area contributed by atoms with Crippen LogP contribution in [0.1, 0.15) is 0 Å². The summed E-state index contributed by atoms with van der Waals surface area (Å²) in [5.41, 5.74) is 0.367. The van der Waals surface area contributed by atoms with Crippen LogP contribution in [0, 0.1) is 0 Å². The van der Waals surface area contributed by atoms with Gasteiger partial charge < -0.3 is 20.3 Å². The van der Waals surface area contributed by atoms with Crippen molar-refractivity contribution < 1.29 is 19.7 Å². The van der Waals surface area contributed by atoms with Gasteiger partial charge >= 0.3 is 0 Å².